The highest BCUT2D eigenvalue weighted by atomic mass is 35.5. The number of hydrogen-bond acceptors (Lipinski definition) is 2. The van der Waals surface area contributed by atoms with Crippen molar-refractivity contribution in [1.82, 2.24) is 10.2 Å². The molecule has 4 nitrogen and oxygen atoms in total. The van der Waals surface area contributed by atoms with Gasteiger partial charge in [-0.2, -0.15) is 0 Å². The first-order valence-corrected chi connectivity index (χ1v) is 5.85. The van der Waals surface area contributed by atoms with E-state index in [1.165, 1.54) is 0 Å². The molecule has 1 heterocycles. The predicted octanol–water partition coefficient (Wildman–Crippen LogP) is 1.73. The number of halogens is 1. The van der Waals surface area contributed by atoms with Crippen molar-refractivity contribution in [3.8, 4) is 0 Å². The smallest absolute Gasteiger partial charge is 0.322 e. The van der Waals surface area contributed by atoms with Gasteiger partial charge in [0.1, 0.15) is 0 Å². The third-order valence-corrected chi connectivity index (χ3v) is 2.82. The summed E-state index contributed by atoms with van der Waals surface area (Å²) in [6.07, 6.45) is 3.37. The largest absolute Gasteiger partial charge is 0.324 e. The fraction of sp³-hybridized carbons (Fsp3) is 0.800. The fourth-order valence-electron chi connectivity index (χ4n) is 1.74. The Bertz CT molecular complexity index is 246. The maximum Gasteiger partial charge on any atom is 0.324 e. The number of amides is 3. The van der Waals surface area contributed by atoms with Crippen LogP contribution in [0.25, 0.3) is 0 Å². The molecule has 86 valence electrons. The van der Waals surface area contributed by atoms with E-state index in [2.05, 4.69) is 5.32 Å². The molecule has 0 saturated carbocycles. The van der Waals surface area contributed by atoms with Crippen LogP contribution < -0.4 is 5.32 Å². The van der Waals surface area contributed by atoms with Crippen molar-refractivity contribution >= 4 is 23.5 Å². The second-order valence-electron chi connectivity index (χ2n) is 3.83. The fourth-order valence-corrected chi connectivity index (χ4v) is 1.91. The molecule has 0 aliphatic carbocycles. The van der Waals surface area contributed by atoms with Crippen LogP contribution in [0.15, 0.2) is 0 Å². The van der Waals surface area contributed by atoms with Crippen molar-refractivity contribution in [2.75, 3.05) is 12.4 Å². The molecule has 15 heavy (non-hydrogen) atoms. The van der Waals surface area contributed by atoms with Gasteiger partial charge in [-0.1, -0.05) is 0 Å². The molecule has 0 spiro atoms. The molecule has 1 unspecified atom stereocenters. The van der Waals surface area contributed by atoms with Crippen LogP contribution in [-0.4, -0.2) is 35.3 Å². The molecular formula is C10H17ClN2O2. The van der Waals surface area contributed by atoms with Crippen molar-refractivity contribution in [2.45, 2.75) is 38.6 Å². The van der Waals surface area contributed by atoms with Crippen LogP contribution in [0.2, 0.25) is 0 Å². The number of carbonyl (C=O) groups excluding carboxylic acids is 2. The van der Waals surface area contributed by atoms with E-state index in [1.54, 1.807) is 4.90 Å². The molecule has 1 fully saturated rings. The normalized spacial score (nSPS) is 21.2. The number of carbonyl (C=O) groups is 2. The quantitative estimate of drug-likeness (QED) is 0.738. The lowest BCUT2D eigenvalue weighted by Crippen LogP contribution is -2.49. The van der Waals surface area contributed by atoms with Gasteiger partial charge in [0.15, 0.2) is 0 Å². The maximum absolute atomic E-state index is 11.6. The first kappa shape index (κ1) is 12.3. The summed E-state index contributed by atoms with van der Waals surface area (Å²) in [4.78, 5) is 24.5. The minimum absolute atomic E-state index is 0.190. The van der Waals surface area contributed by atoms with Crippen molar-refractivity contribution < 1.29 is 9.59 Å². The Hall–Kier alpha value is -0.770. The molecule has 3 amide bonds. The van der Waals surface area contributed by atoms with Gasteiger partial charge in [-0.3, -0.25) is 10.1 Å². The van der Waals surface area contributed by atoms with Crippen LogP contribution in [0, 0.1) is 0 Å². The number of rotatable bonds is 2. The lowest BCUT2D eigenvalue weighted by Gasteiger charge is -2.33. The van der Waals surface area contributed by atoms with Crippen LogP contribution >= 0.6 is 11.6 Å². The summed E-state index contributed by atoms with van der Waals surface area (Å²) in [6, 6.07) is -0.0557. The van der Waals surface area contributed by atoms with Gasteiger partial charge in [0.2, 0.25) is 5.91 Å². The summed E-state index contributed by atoms with van der Waals surface area (Å²) in [5.41, 5.74) is 0. The Labute approximate surface area is 95.0 Å². The summed E-state index contributed by atoms with van der Waals surface area (Å²) >= 11 is 5.41. The third kappa shape index (κ3) is 3.70. The highest BCUT2D eigenvalue weighted by molar-refractivity contribution is 6.19. The SMILES string of the molecule is CC1CCCCN1C(=O)NC(=O)CCCl. The molecule has 1 N–H and O–H groups in total. The molecule has 1 aliphatic heterocycles. The van der Waals surface area contributed by atoms with Gasteiger partial charge < -0.3 is 4.90 Å². The van der Waals surface area contributed by atoms with Crippen molar-refractivity contribution in [1.29, 1.82) is 0 Å². The molecule has 1 aliphatic rings. The summed E-state index contributed by atoms with van der Waals surface area (Å²) in [6.45, 7) is 2.74. The molecule has 1 atom stereocenters. The number of urea groups is 1. The molecule has 1 rings (SSSR count). The standard InChI is InChI=1S/C10H17ClN2O2/c1-8-4-2-3-7-13(8)10(15)12-9(14)5-6-11/h8H,2-7H2,1H3,(H,12,14,15). The first-order chi connectivity index (χ1) is 7.15. The van der Waals surface area contributed by atoms with E-state index in [0.717, 1.165) is 25.8 Å². The number of alkyl halides is 1. The molecule has 0 aromatic heterocycles. The number of nitrogens with zero attached hydrogens (tertiary/aromatic N) is 1. The molecular weight excluding hydrogens is 216 g/mol. The molecule has 0 bridgehead atoms. The second kappa shape index (κ2) is 5.95. The minimum atomic E-state index is -0.298. The molecule has 5 heteroatoms. The first-order valence-electron chi connectivity index (χ1n) is 5.31. The zero-order valence-electron chi connectivity index (χ0n) is 8.96. The molecule has 0 aromatic rings. The second-order valence-corrected chi connectivity index (χ2v) is 4.21. The Balaban J connectivity index is 2.41. The van der Waals surface area contributed by atoms with Crippen LogP contribution in [0.1, 0.15) is 32.6 Å². The molecule has 1 saturated heterocycles. The Morgan fingerprint density at radius 1 is 1.47 bits per heavy atom. The maximum atomic E-state index is 11.6. The van der Waals surface area contributed by atoms with E-state index < -0.39 is 0 Å². The predicted molar refractivity (Wildman–Crippen MR) is 58.9 cm³/mol. The summed E-state index contributed by atoms with van der Waals surface area (Å²) in [7, 11) is 0. The zero-order valence-corrected chi connectivity index (χ0v) is 9.72. The van der Waals surface area contributed by atoms with Gasteiger partial charge in [-0.25, -0.2) is 4.79 Å². The Morgan fingerprint density at radius 3 is 2.80 bits per heavy atom. The summed E-state index contributed by atoms with van der Waals surface area (Å²) < 4.78 is 0. The molecule has 0 radical (unpaired) electrons. The lowest BCUT2D eigenvalue weighted by molar-refractivity contribution is -0.119. The number of nitrogens with one attached hydrogen (secondary N) is 1. The van der Waals surface area contributed by atoms with Gasteiger partial charge in [-0.05, 0) is 26.2 Å². The van der Waals surface area contributed by atoms with Gasteiger partial charge in [0, 0.05) is 24.9 Å². The van der Waals surface area contributed by atoms with Gasteiger partial charge in [0.25, 0.3) is 0 Å². The minimum Gasteiger partial charge on any atom is -0.322 e. The van der Waals surface area contributed by atoms with Crippen molar-refractivity contribution in [3.63, 3.8) is 0 Å². The number of hydrogen-bond donors (Lipinski definition) is 1. The van der Waals surface area contributed by atoms with Crippen LogP contribution in [-0.2, 0) is 4.79 Å². The van der Waals surface area contributed by atoms with E-state index in [-0.39, 0.29) is 30.3 Å². The van der Waals surface area contributed by atoms with Crippen molar-refractivity contribution in [2.24, 2.45) is 0 Å². The number of imide groups is 1. The topological polar surface area (TPSA) is 49.4 Å². The Morgan fingerprint density at radius 2 is 2.20 bits per heavy atom. The van der Waals surface area contributed by atoms with Crippen LogP contribution in [0.3, 0.4) is 0 Å². The van der Waals surface area contributed by atoms with E-state index in [1.807, 2.05) is 6.92 Å². The van der Waals surface area contributed by atoms with Gasteiger partial charge in [0.05, 0.1) is 0 Å². The Kier molecular flexibility index (Phi) is 4.88. The highest BCUT2D eigenvalue weighted by Crippen LogP contribution is 2.15. The van der Waals surface area contributed by atoms with Crippen molar-refractivity contribution in [3.05, 3.63) is 0 Å². The van der Waals surface area contributed by atoms with Gasteiger partial charge in [-0.15, -0.1) is 11.6 Å². The summed E-state index contributed by atoms with van der Waals surface area (Å²) in [5, 5.41) is 2.34. The van der Waals surface area contributed by atoms with Crippen LogP contribution in [0.5, 0.6) is 0 Å². The van der Waals surface area contributed by atoms with Crippen LogP contribution in [0.4, 0.5) is 4.79 Å². The molecule has 0 aromatic carbocycles. The van der Waals surface area contributed by atoms with Gasteiger partial charge >= 0.3 is 6.03 Å². The lowest BCUT2D eigenvalue weighted by atomic mass is 10.0. The number of piperidine rings is 1. The monoisotopic (exact) mass is 232 g/mol. The summed E-state index contributed by atoms with van der Waals surface area (Å²) in [5.74, 6) is -0.0536. The number of likely N-dealkylation sites (tertiary alicyclic amines) is 1. The van der Waals surface area contributed by atoms with E-state index in [4.69, 9.17) is 11.6 Å². The third-order valence-electron chi connectivity index (χ3n) is 2.63. The zero-order chi connectivity index (χ0) is 11.3. The van der Waals surface area contributed by atoms with E-state index >= 15 is 0 Å². The average Bonchev–Trinajstić information content (AvgIpc) is 2.18. The van der Waals surface area contributed by atoms with E-state index in [9.17, 15) is 9.59 Å². The average molecular weight is 233 g/mol. The van der Waals surface area contributed by atoms with E-state index in [0.29, 0.717) is 0 Å². The highest BCUT2D eigenvalue weighted by Gasteiger charge is 2.23.